The number of ether oxygens (including phenoxy) is 3. The summed E-state index contributed by atoms with van der Waals surface area (Å²) in [7, 11) is 1.55. The van der Waals surface area contributed by atoms with Gasteiger partial charge in [-0.15, -0.1) is 0 Å². The molecule has 6 N–H and O–H groups in total. The molecule has 11 heteroatoms. The second-order valence-corrected chi connectivity index (χ2v) is 5.36. The number of aromatic nitrogens is 4. The summed E-state index contributed by atoms with van der Waals surface area (Å²) in [5.41, 5.74) is 12.2. The van der Waals surface area contributed by atoms with Crippen molar-refractivity contribution in [3.8, 4) is 0 Å². The molecule has 1 aliphatic rings. The fourth-order valence-corrected chi connectivity index (χ4v) is 2.68. The maximum Gasteiger partial charge on any atom is 0.224 e. The number of anilines is 2. The monoisotopic (exact) mass is 340 g/mol. The number of nitrogens with two attached hydrogens (primary N) is 2. The molecule has 0 saturated carbocycles. The van der Waals surface area contributed by atoms with Gasteiger partial charge in [0.15, 0.2) is 17.7 Å². The molecule has 2 aromatic rings. The van der Waals surface area contributed by atoms with Crippen LogP contribution in [-0.2, 0) is 14.2 Å². The maximum absolute atomic E-state index is 10.3. The highest BCUT2D eigenvalue weighted by atomic mass is 16.6. The van der Waals surface area contributed by atoms with Gasteiger partial charge in [0, 0.05) is 7.11 Å². The first-order chi connectivity index (χ1) is 11.6. The summed E-state index contributed by atoms with van der Waals surface area (Å²) in [6, 6.07) is 0. The van der Waals surface area contributed by atoms with Gasteiger partial charge in [0.1, 0.15) is 23.8 Å². The molecule has 0 aromatic carbocycles. The van der Waals surface area contributed by atoms with E-state index in [9.17, 15) is 10.2 Å². The summed E-state index contributed by atoms with van der Waals surface area (Å²) in [6.07, 6.45) is -1.86. The average Bonchev–Trinajstić information content (AvgIpc) is 3.09. The van der Waals surface area contributed by atoms with E-state index in [-0.39, 0.29) is 25.0 Å². The van der Waals surface area contributed by atoms with Crippen molar-refractivity contribution in [3.05, 3.63) is 6.33 Å². The van der Waals surface area contributed by atoms with Crippen molar-refractivity contribution in [1.82, 2.24) is 19.5 Å². The van der Waals surface area contributed by atoms with E-state index in [1.807, 2.05) is 0 Å². The van der Waals surface area contributed by atoms with Crippen molar-refractivity contribution in [2.45, 2.75) is 24.5 Å². The Balaban J connectivity index is 1.96. The molecule has 2 aromatic heterocycles. The topological polar surface area (TPSA) is 164 Å². The van der Waals surface area contributed by atoms with Crippen molar-refractivity contribution in [1.29, 1.82) is 0 Å². The summed E-state index contributed by atoms with van der Waals surface area (Å²) in [5.74, 6) is 0.140. The molecule has 3 rings (SSSR count). The number of nitrogens with zero attached hydrogens (tertiary/aromatic N) is 4. The molecule has 0 bridgehead atoms. The standard InChI is InChI=1S/C13H20N6O5/c1-22-2-3-23-9-8(21)6(4-20)24-12(9)19-5-16-7-10(14)17-13(15)18-11(7)19/h5-6,8-9,12,20-21H,2-4H2,1H3,(H4,14,15,17,18). The van der Waals surface area contributed by atoms with E-state index in [0.29, 0.717) is 17.8 Å². The van der Waals surface area contributed by atoms with Gasteiger partial charge in [-0.3, -0.25) is 4.57 Å². The lowest BCUT2D eigenvalue weighted by Gasteiger charge is -2.22. The quantitative estimate of drug-likeness (QED) is 0.444. The van der Waals surface area contributed by atoms with Crippen molar-refractivity contribution in [3.63, 3.8) is 0 Å². The smallest absolute Gasteiger partial charge is 0.224 e. The Kier molecular flexibility index (Phi) is 4.78. The molecule has 24 heavy (non-hydrogen) atoms. The molecule has 132 valence electrons. The maximum atomic E-state index is 10.3. The molecular weight excluding hydrogens is 320 g/mol. The number of rotatable bonds is 6. The van der Waals surface area contributed by atoms with Gasteiger partial charge in [-0.05, 0) is 0 Å². The van der Waals surface area contributed by atoms with Crippen molar-refractivity contribution in [2.75, 3.05) is 38.4 Å². The molecule has 0 spiro atoms. The predicted molar refractivity (Wildman–Crippen MR) is 82.8 cm³/mol. The molecule has 1 saturated heterocycles. The first-order valence-electron chi connectivity index (χ1n) is 7.37. The Morgan fingerprint density at radius 3 is 2.83 bits per heavy atom. The zero-order valence-corrected chi connectivity index (χ0v) is 13.1. The summed E-state index contributed by atoms with van der Waals surface area (Å²) >= 11 is 0. The summed E-state index contributed by atoms with van der Waals surface area (Å²) < 4.78 is 17.9. The van der Waals surface area contributed by atoms with Gasteiger partial charge in [-0.1, -0.05) is 0 Å². The van der Waals surface area contributed by atoms with Crippen LogP contribution in [0.3, 0.4) is 0 Å². The van der Waals surface area contributed by atoms with Crippen LogP contribution in [0.4, 0.5) is 11.8 Å². The van der Waals surface area contributed by atoms with Crippen LogP contribution >= 0.6 is 0 Å². The van der Waals surface area contributed by atoms with Crippen molar-refractivity contribution in [2.24, 2.45) is 0 Å². The molecule has 1 aliphatic heterocycles. The van der Waals surface area contributed by atoms with Gasteiger partial charge in [-0.25, -0.2) is 4.98 Å². The summed E-state index contributed by atoms with van der Waals surface area (Å²) in [4.78, 5) is 12.2. The second kappa shape index (κ2) is 6.83. The van der Waals surface area contributed by atoms with E-state index in [1.54, 1.807) is 11.7 Å². The molecule has 3 heterocycles. The van der Waals surface area contributed by atoms with E-state index < -0.39 is 24.5 Å². The van der Waals surface area contributed by atoms with Crippen LogP contribution in [0.25, 0.3) is 11.2 Å². The fourth-order valence-electron chi connectivity index (χ4n) is 2.68. The molecule has 4 unspecified atom stereocenters. The lowest BCUT2D eigenvalue weighted by atomic mass is 10.1. The van der Waals surface area contributed by atoms with Gasteiger partial charge >= 0.3 is 0 Å². The minimum absolute atomic E-state index is 0.00384. The van der Waals surface area contributed by atoms with Crippen molar-refractivity contribution >= 4 is 22.9 Å². The van der Waals surface area contributed by atoms with E-state index in [1.165, 1.54) is 6.33 Å². The van der Waals surface area contributed by atoms with E-state index >= 15 is 0 Å². The molecular formula is C13H20N6O5. The third-order valence-electron chi connectivity index (χ3n) is 3.83. The van der Waals surface area contributed by atoms with Crippen LogP contribution < -0.4 is 11.5 Å². The van der Waals surface area contributed by atoms with Crippen molar-refractivity contribution < 1.29 is 24.4 Å². The van der Waals surface area contributed by atoms with Gasteiger partial charge < -0.3 is 35.9 Å². The van der Waals surface area contributed by atoms with Crippen LogP contribution in [0.2, 0.25) is 0 Å². The van der Waals surface area contributed by atoms with Crippen LogP contribution in [-0.4, -0.2) is 75.0 Å². The predicted octanol–water partition coefficient (Wildman–Crippen LogP) is -1.73. The average molecular weight is 340 g/mol. The number of imidazole rings is 1. The Hall–Kier alpha value is -2.05. The zero-order chi connectivity index (χ0) is 17.3. The first kappa shape index (κ1) is 16.8. The molecule has 0 radical (unpaired) electrons. The number of hydrogen-bond donors (Lipinski definition) is 4. The molecule has 0 amide bonds. The normalized spacial score (nSPS) is 27.1. The van der Waals surface area contributed by atoms with Crippen LogP contribution in [0.15, 0.2) is 6.33 Å². The van der Waals surface area contributed by atoms with Crippen LogP contribution in [0.1, 0.15) is 6.23 Å². The van der Waals surface area contributed by atoms with Crippen LogP contribution in [0.5, 0.6) is 0 Å². The molecule has 1 fully saturated rings. The lowest BCUT2D eigenvalue weighted by Crippen LogP contribution is -2.36. The fraction of sp³-hybridized carbons (Fsp3) is 0.615. The Labute approximate surface area is 137 Å². The van der Waals surface area contributed by atoms with E-state index in [4.69, 9.17) is 25.7 Å². The van der Waals surface area contributed by atoms with Gasteiger partial charge in [0.25, 0.3) is 0 Å². The first-order valence-corrected chi connectivity index (χ1v) is 7.37. The summed E-state index contributed by atoms with van der Waals surface area (Å²) in [6.45, 7) is 0.252. The number of nitrogen functional groups attached to an aromatic ring is 2. The van der Waals surface area contributed by atoms with Crippen LogP contribution in [0, 0.1) is 0 Å². The highest BCUT2D eigenvalue weighted by molar-refractivity contribution is 5.82. The summed E-state index contributed by atoms with van der Waals surface area (Å²) in [5, 5.41) is 19.7. The number of methoxy groups -OCH3 is 1. The SMILES string of the molecule is COCCOC1C(O)C(CO)OC1n1cnc2c(N)nc(N)nc21. The Morgan fingerprint density at radius 2 is 2.12 bits per heavy atom. The number of hydrogen-bond acceptors (Lipinski definition) is 10. The van der Waals surface area contributed by atoms with Gasteiger partial charge in [0.2, 0.25) is 5.95 Å². The highest BCUT2D eigenvalue weighted by Crippen LogP contribution is 2.34. The third-order valence-corrected chi connectivity index (χ3v) is 3.83. The zero-order valence-electron chi connectivity index (χ0n) is 13.1. The second-order valence-electron chi connectivity index (χ2n) is 5.36. The largest absolute Gasteiger partial charge is 0.394 e. The Bertz CT molecular complexity index is 709. The number of fused-ring (bicyclic) bond motifs is 1. The molecule has 11 nitrogen and oxygen atoms in total. The molecule has 4 atom stereocenters. The number of aliphatic hydroxyl groups is 2. The minimum Gasteiger partial charge on any atom is -0.394 e. The Morgan fingerprint density at radius 1 is 1.33 bits per heavy atom. The molecule has 0 aliphatic carbocycles. The number of aliphatic hydroxyl groups excluding tert-OH is 2. The highest BCUT2D eigenvalue weighted by Gasteiger charge is 2.45. The van der Waals surface area contributed by atoms with Gasteiger partial charge in [-0.2, -0.15) is 9.97 Å². The van der Waals surface area contributed by atoms with Gasteiger partial charge in [0.05, 0.1) is 26.1 Å². The van der Waals surface area contributed by atoms with E-state index in [2.05, 4.69) is 15.0 Å². The van der Waals surface area contributed by atoms with E-state index in [0.717, 1.165) is 0 Å². The third kappa shape index (κ3) is 2.87. The lowest BCUT2D eigenvalue weighted by molar-refractivity contribution is -0.0785. The minimum atomic E-state index is -1.02.